The maximum Gasteiger partial charge on any atom is 1.00 e. The second kappa shape index (κ2) is 3.98. The van der Waals surface area contributed by atoms with Crippen molar-refractivity contribution in [3.05, 3.63) is 6.92 Å². The monoisotopic (exact) mass is 122 g/mol. The van der Waals surface area contributed by atoms with E-state index in [9.17, 15) is 4.79 Å². The van der Waals surface area contributed by atoms with Gasteiger partial charge in [-0.3, -0.25) is 4.79 Å². The average Bonchev–Trinajstić information content (AvgIpc) is 1.21. The summed E-state index contributed by atoms with van der Waals surface area (Å²) in [5, 5.41) is 0. The van der Waals surface area contributed by atoms with Crippen LogP contribution in [0.3, 0.4) is 0 Å². The largest absolute Gasteiger partial charge is 1.00 e. The molecule has 0 aromatic carbocycles. The van der Waals surface area contributed by atoms with Crippen molar-refractivity contribution >= 4 is 5.97 Å². The summed E-state index contributed by atoms with van der Waals surface area (Å²) >= 11 is 0. The number of esters is 1. The van der Waals surface area contributed by atoms with Gasteiger partial charge in [0.05, 0.1) is 0 Å². The van der Waals surface area contributed by atoms with E-state index in [0.717, 1.165) is 0 Å². The molecular weight excluding hydrogens is 111 g/mol. The molecule has 0 aliphatic carbocycles. The standard InChI is InChI=1S/C6H11O2.Li/c1-5(7)8-6(2,3)4;/h2H2,1,3-4H3;/q-1;+1. The first-order chi connectivity index (χ1) is 3.42. The topological polar surface area (TPSA) is 26.3 Å². The van der Waals surface area contributed by atoms with Gasteiger partial charge in [0.15, 0.2) is 0 Å². The van der Waals surface area contributed by atoms with Crippen molar-refractivity contribution in [3.8, 4) is 0 Å². The Morgan fingerprint density at radius 3 is 1.89 bits per heavy atom. The van der Waals surface area contributed by atoms with Crippen molar-refractivity contribution in [2.75, 3.05) is 0 Å². The SMILES string of the molecule is [CH2-]C(C)(C)OC(C)=O.[Li+]. The summed E-state index contributed by atoms with van der Waals surface area (Å²) in [6.45, 7) is 8.40. The first-order valence-electron chi connectivity index (χ1n) is 2.47. The van der Waals surface area contributed by atoms with E-state index in [1.165, 1.54) is 6.92 Å². The van der Waals surface area contributed by atoms with Gasteiger partial charge < -0.3 is 11.7 Å². The molecule has 0 saturated carbocycles. The van der Waals surface area contributed by atoms with Crippen LogP contribution in [-0.4, -0.2) is 11.6 Å². The maximum atomic E-state index is 10.2. The van der Waals surface area contributed by atoms with Crippen LogP contribution < -0.4 is 18.9 Å². The summed E-state index contributed by atoms with van der Waals surface area (Å²) in [6.07, 6.45) is 0. The predicted molar refractivity (Wildman–Crippen MR) is 31.2 cm³/mol. The first-order valence-corrected chi connectivity index (χ1v) is 2.47. The molecule has 0 rings (SSSR count). The van der Waals surface area contributed by atoms with Crippen molar-refractivity contribution in [2.45, 2.75) is 26.4 Å². The van der Waals surface area contributed by atoms with Gasteiger partial charge >= 0.3 is 24.8 Å². The number of hydrogen-bond donors (Lipinski definition) is 0. The van der Waals surface area contributed by atoms with Gasteiger partial charge in [0.2, 0.25) is 0 Å². The van der Waals surface area contributed by atoms with Crippen LogP contribution in [0.1, 0.15) is 20.8 Å². The Morgan fingerprint density at radius 1 is 1.56 bits per heavy atom. The van der Waals surface area contributed by atoms with Crippen LogP contribution in [0.4, 0.5) is 0 Å². The summed E-state index contributed by atoms with van der Waals surface area (Å²) < 4.78 is 4.69. The molecule has 0 heterocycles. The van der Waals surface area contributed by atoms with Crippen LogP contribution in [0.15, 0.2) is 0 Å². The second-order valence-electron chi connectivity index (χ2n) is 2.35. The van der Waals surface area contributed by atoms with Crippen LogP contribution >= 0.6 is 0 Å². The second-order valence-corrected chi connectivity index (χ2v) is 2.35. The maximum absolute atomic E-state index is 10.2. The van der Waals surface area contributed by atoms with E-state index < -0.39 is 5.60 Å². The molecule has 0 aliphatic rings. The van der Waals surface area contributed by atoms with Gasteiger partial charge in [-0.1, -0.05) is 13.8 Å². The molecule has 0 bridgehead atoms. The molecule has 48 valence electrons. The minimum Gasteiger partial charge on any atom is -0.493 e. The van der Waals surface area contributed by atoms with E-state index >= 15 is 0 Å². The van der Waals surface area contributed by atoms with E-state index in [2.05, 4.69) is 11.7 Å². The Morgan fingerprint density at radius 2 is 1.89 bits per heavy atom. The third-order valence-electron chi connectivity index (χ3n) is 0.420. The molecule has 0 atom stereocenters. The summed E-state index contributed by atoms with van der Waals surface area (Å²) in [7, 11) is 0. The minimum absolute atomic E-state index is 0. The van der Waals surface area contributed by atoms with E-state index in [0.29, 0.717) is 0 Å². The third kappa shape index (κ3) is 11.6. The molecule has 0 fully saturated rings. The average molecular weight is 122 g/mol. The number of ether oxygens (including phenoxy) is 1. The quantitative estimate of drug-likeness (QED) is 0.232. The van der Waals surface area contributed by atoms with E-state index in [-0.39, 0.29) is 24.8 Å². The van der Waals surface area contributed by atoms with Crippen LogP contribution in [0.25, 0.3) is 0 Å². The fourth-order valence-electron chi connectivity index (χ4n) is 0.389. The molecule has 0 N–H and O–H groups in total. The molecule has 0 spiro atoms. The molecule has 0 aromatic heterocycles. The van der Waals surface area contributed by atoms with Crippen LogP contribution in [0.5, 0.6) is 0 Å². The first kappa shape index (κ1) is 11.8. The normalized spacial score (nSPS) is 9.78. The third-order valence-corrected chi connectivity index (χ3v) is 0.420. The van der Waals surface area contributed by atoms with Gasteiger partial charge in [-0.15, -0.1) is 0 Å². The van der Waals surface area contributed by atoms with Gasteiger partial charge in [0.25, 0.3) is 0 Å². The molecular formula is C6H11LiO2. The van der Waals surface area contributed by atoms with Crippen molar-refractivity contribution in [1.29, 1.82) is 0 Å². The number of carbonyl (C=O) groups excluding carboxylic acids is 1. The summed E-state index contributed by atoms with van der Waals surface area (Å²) in [4.78, 5) is 10.2. The molecule has 0 aliphatic heterocycles. The zero-order valence-electron chi connectivity index (χ0n) is 6.52. The zero-order valence-corrected chi connectivity index (χ0v) is 6.52. The van der Waals surface area contributed by atoms with Crippen molar-refractivity contribution in [2.24, 2.45) is 0 Å². The number of hydrogen-bond acceptors (Lipinski definition) is 2. The van der Waals surface area contributed by atoms with Gasteiger partial charge in [0.1, 0.15) is 0 Å². The fraction of sp³-hybridized carbons (Fsp3) is 0.667. The number of carbonyl (C=O) groups is 1. The van der Waals surface area contributed by atoms with Crippen molar-refractivity contribution in [1.82, 2.24) is 0 Å². The van der Waals surface area contributed by atoms with Gasteiger partial charge in [0, 0.05) is 6.92 Å². The molecule has 0 radical (unpaired) electrons. The zero-order chi connectivity index (χ0) is 6.78. The molecule has 0 unspecified atom stereocenters. The molecule has 0 aromatic rings. The Kier molecular flexibility index (Phi) is 5.22. The predicted octanol–water partition coefficient (Wildman–Crippen LogP) is -1.83. The van der Waals surface area contributed by atoms with E-state index in [1.807, 2.05) is 0 Å². The Bertz CT molecular complexity index is 93.7. The molecule has 2 nitrogen and oxygen atoms in total. The molecule has 3 heteroatoms. The van der Waals surface area contributed by atoms with Gasteiger partial charge in [-0.05, 0) is 5.60 Å². The smallest absolute Gasteiger partial charge is 0.493 e. The van der Waals surface area contributed by atoms with Crippen molar-refractivity contribution in [3.63, 3.8) is 0 Å². The van der Waals surface area contributed by atoms with E-state index in [4.69, 9.17) is 0 Å². The summed E-state index contributed by atoms with van der Waals surface area (Å²) in [6, 6.07) is 0. The molecule has 9 heavy (non-hydrogen) atoms. The van der Waals surface area contributed by atoms with E-state index in [1.54, 1.807) is 13.8 Å². The van der Waals surface area contributed by atoms with Crippen molar-refractivity contribution < 1.29 is 28.4 Å². The molecule has 0 saturated heterocycles. The summed E-state index contributed by atoms with van der Waals surface area (Å²) in [5.41, 5.74) is -0.578. The van der Waals surface area contributed by atoms with Crippen LogP contribution in [-0.2, 0) is 9.53 Å². The molecule has 0 amide bonds. The Balaban J connectivity index is 0. The van der Waals surface area contributed by atoms with Crippen LogP contribution in [0, 0.1) is 6.92 Å². The number of rotatable bonds is 1. The van der Waals surface area contributed by atoms with Gasteiger partial charge in [-0.2, -0.15) is 0 Å². The fourth-order valence-corrected chi connectivity index (χ4v) is 0.389. The summed E-state index contributed by atoms with van der Waals surface area (Å²) in [5.74, 6) is -0.287. The van der Waals surface area contributed by atoms with Gasteiger partial charge in [-0.25, -0.2) is 0 Å². The van der Waals surface area contributed by atoms with Crippen LogP contribution in [0.2, 0.25) is 0 Å². The minimum atomic E-state index is -0.578. The Labute approximate surface area is 68.1 Å². The Hall–Kier alpha value is 0.0674.